The van der Waals surface area contributed by atoms with Crippen molar-refractivity contribution in [3.63, 3.8) is 0 Å². The topological polar surface area (TPSA) is 46.5 Å². The number of methoxy groups -OCH3 is 1. The highest BCUT2D eigenvalue weighted by Gasteiger charge is 2.22. The molecule has 0 saturated heterocycles. The molecule has 0 saturated carbocycles. The first-order valence-electron chi connectivity index (χ1n) is 6.30. The van der Waals surface area contributed by atoms with Gasteiger partial charge in [-0.15, -0.1) is 0 Å². The second-order valence-electron chi connectivity index (χ2n) is 5.17. The molecule has 0 spiro atoms. The lowest BCUT2D eigenvalue weighted by atomic mass is 9.80. The molecule has 1 rings (SSSR count). The quantitative estimate of drug-likeness (QED) is 0.841. The molecule has 0 radical (unpaired) electrons. The minimum atomic E-state index is -0.762. The van der Waals surface area contributed by atoms with Crippen LogP contribution in [0.4, 0.5) is 0 Å². The van der Waals surface area contributed by atoms with Crippen LogP contribution >= 0.6 is 0 Å². The van der Waals surface area contributed by atoms with Gasteiger partial charge in [0.05, 0.1) is 7.11 Å². The van der Waals surface area contributed by atoms with Crippen LogP contribution in [0.1, 0.15) is 44.7 Å². The van der Waals surface area contributed by atoms with Gasteiger partial charge in [0.25, 0.3) is 0 Å². The van der Waals surface area contributed by atoms with Gasteiger partial charge < -0.3 is 9.84 Å². The molecule has 0 aromatic heterocycles. The highest BCUT2D eigenvalue weighted by Crippen LogP contribution is 2.34. The number of carbonyl (C=O) groups is 1. The van der Waals surface area contributed by atoms with Crippen LogP contribution in [0.2, 0.25) is 0 Å². The second kappa shape index (κ2) is 5.89. The molecule has 0 unspecified atom stereocenters. The molecule has 0 fully saturated rings. The molecule has 0 aliphatic carbocycles. The summed E-state index contributed by atoms with van der Waals surface area (Å²) in [5, 5.41) is 8.73. The maximum atomic E-state index is 10.6. The highest BCUT2D eigenvalue weighted by molar-refractivity contribution is 5.67. The van der Waals surface area contributed by atoms with Crippen molar-refractivity contribution >= 4 is 5.97 Å². The lowest BCUT2D eigenvalue weighted by Gasteiger charge is -2.26. The Hall–Kier alpha value is -1.51. The molecular formula is C15H22O3. The summed E-state index contributed by atoms with van der Waals surface area (Å²) >= 11 is 0. The highest BCUT2D eigenvalue weighted by atomic mass is 16.5. The number of carboxylic acids is 1. The molecule has 1 aromatic rings. The number of aliphatic carboxylic acids is 1. The number of hydrogen-bond acceptors (Lipinski definition) is 2. The molecule has 3 heteroatoms. The Labute approximate surface area is 109 Å². The van der Waals surface area contributed by atoms with Crippen molar-refractivity contribution in [2.45, 2.75) is 45.4 Å². The van der Waals surface area contributed by atoms with E-state index in [1.807, 2.05) is 12.1 Å². The van der Waals surface area contributed by atoms with Gasteiger partial charge >= 0.3 is 5.97 Å². The van der Waals surface area contributed by atoms with E-state index in [-0.39, 0.29) is 11.8 Å². The van der Waals surface area contributed by atoms with Crippen LogP contribution in [-0.4, -0.2) is 18.2 Å². The predicted molar refractivity (Wildman–Crippen MR) is 72.3 cm³/mol. The van der Waals surface area contributed by atoms with Crippen LogP contribution in [0.15, 0.2) is 18.2 Å². The molecule has 0 aliphatic heterocycles. The maximum absolute atomic E-state index is 10.6. The van der Waals surface area contributed by atoms with E-state index >= 15 is 0 Å². The molecule has 0 bridgehead atoms. The van der Waals surface area contributed by atoms with Gasteiger partial charge in [-0.1, -0.05) is 32.9 Å². The third-order valence-corrected chi connectivity index (χ3v) is 3.50. The van der Waals surface area contributed by atoms with E-state index in [1.54, 1.807) is 7.11 Å². The van der Waals surface area contributed by atoms with Gasteiger partial charge in [-0.2, -0.15) is 0 Å². The predicted octanol–water partition coefficient (Wildman–Crippen LogP) is 3.40. The zero-order valence-corrected chi connectivity index (χ0v) is 11.6. The van der Waals surface area contributed by atoms with Crippen LogP contribution in [0.5, 0.6) is 5.75 Å². The van der Waals surface area contributed by atoms with E-state index < -0.39 is 5.97 Å². The fraction of sp³-hybridized carbons (Fsp3) is 0.533. The Morgan fingerprint density at radius 2 is 2.06 bits per heavy atom. The Kier molecular flexibility index (Phi) is 4.76. The van der Waals surface area contributed by atoms with Gasteiger partial charge in [0.2, 0.25) is 0 Å². The first-order chi connectivity index (χ1) is 8.40. The number of benzene rings is 1. The van der Waals surface area contributed by atoms with Gasteiger partial charge in [0, 0.05) is 6.42 Å². The van der Waals surface area contributed by atoms with Crippen molar-refractivity contribution in [1.82, 2.24) is 0 Å². The molecule has 0 atom stereocenters. The van der Waals surface area contributed by atoms with Crippen LogP contribution in [0, 0.1) is 0 Å². The Morgan fingerprint density at radius 1 is 1.39 bits per heavy atom. The van der Waals surface area contributed by atoms with E-state index in [0.717, 1.165) is 23.3 Å². The van der Waals surface area contributed by atoms with E-state index in [1.165, 1.54) is 0 Å². The first-order valence-corrected chi connectivity index (χ1v) is 6.30. The van der Waals surface area contributed by atoms with Gasteiger partial charge in [-0.3, -0.25) is 4.79 Å². The van der Waals surface area contributed by atoms with E-state index in [2.05, 4.69) is 26.8 Å². The summed E-state index contributed by atoms with van der Waals surface area (Å²) in [6.45, 7) is 6.49. The van der Waals surface area contributed by atoms with Crippen LogP contribution < -0.4 is 4.74 Å². The van der Waals surface area contributed by atoms with Crippen molar-refractivity contribution in [2.75, 3.05) is 7.11 Å². The summed E-state index contributed by atoms with van der Waals surface area (Å²) in [5.41, 5.74) is 2.23. The average molecular weight is 250 g/mol. The number of hydrogen-bond donors (Lipinski definition) is 1. The number of aryl methyl sites for hydroxylation is 1. The summed E-state index contributed by atoms with van der Waals surface area (Å²) < 4.78 is 5.40. The van der Waals surface area contributed by atoms with E-state index in [4.69, 9.17) is 9.84 Å². The van der Waals surface area contributed by atoms with Crippen LogP contribution in [-0.2, 0) is 16.6 Å². The van der Waals surface area contributed by atoms with Crippen molar-refractivity contribution in [2.24, 2.45) is 0 Å². The number of rotatable bonds is 6. The van der Waals surface area contributed by atoms with Crippen LogP contribution in [0.25, 0.3) is 0 Å². The summed E-state index contributed by atoms with van der Waals surface area (Å²) in [5.74, 6) is 0.114. The van der Waals surface area contributed by atoms with E-state index in [0.29, 0.717) is 6.42 Å². The summed E-state index contributed by atoms with van der Waals surface area (Å²) in [6, 6.07) is 5.95. The minimum Gasteiger partial charge on any atom is -0.496 e. The molecule has 0 aliphatic rings. The summed E-state index contributed by atoms with van der Waals surface area (Å²) in [6.07, 6.45) is 1.73. The SMILES string of the molecule is CCC(C)(C)c1cc(CCC(=O)O)ccc1OC. The van der Waals surface area contributed by atoms with Crippen molar-refractivity contribution in [3.05, 3.63) is 29.3 Å². The fourth-order valence-electron chi connectivity index (χ4n) is 1.88. The zero-order chi connectivity index (χ0) is 13.8. The van der Waals surface area contributed by atoms with Crippen molar-refractivity contribution < 1.29 is 14.6 Å². The zero-order valence-electron chi connectivity index (χ0n) is 11.6. The molecule has 18 heavy (non-hydrogen) atoms. The first kappa shape index (κ1) is 14.6. The average Bonchev–Trinajstić information content (AvgIpc) is 2.36. The molecule has 0 heterocycles. The number of carboxylic acid groups (broad SMARTS) is 1. The normalized spacial score (nSPS) is 11.3. The lowest BCUT2D eigenvalue weighted by Crippen LogP contribution is -2.17. The smallest absolute Gasteiger partial charge is 0.303 e. The molecule has 1 aromatic carbocycles. The summed E-state index contributed by atoms with van der Waals surface area (Å²) in [4.78, 5) is 10.6. The Morgan fingerprint density at radius 3 is 2.56 bits per heavy atom. The van der Waals surface area contributed by atoms with Gasteiger partial charge in [-0.05, 0) is 35.4 Å². The maximum Gasteiger partial charge on any atom is 0.303 e. The number of ether oxygens (including phenoxy) is 1. The third-order valence-electron chi connectivity index (χ3n) is 3.50. The molecule has 1 N–H and O–H groups in total. The lowest BCUT2D eigenvalue weighted by molar-refractivity contribution is -0.136. The van der Waals surface area contributed by atoms with Crippen molar-refractivity contribution in [3.8, 4) is 5.75 Å². The Bertz CT molecular complexity index is 422. The van der Waals surface area contributed by atoms with Gasteiger partial charge in [0.1, 0.15) is 5.75 Å². The third kappa shape index (κ3) is 3.49. The fourth-order valence-corrected chi connectivity index (χ4v) is 1.88. The largest absolute Gasteiger partial charge is 0.496 e. The standard InChI is InChI=1S/C15H22O3/c1-5-15(2,3)12-10-11(7-9-14(16)17)6-8-13(12)18-4/h6,8,10H,5,7,9H2,1-4H3,(H,16,17). The van der Waals surface area contributed by atoms with Gasteiger partial charge in [0.15, 0.2) is 0 Å². The Balaban J connectivity index is 3.06. The van der Waals surface area contributed by atoms with E-state index in [9.17, 15) is 4.79 Å². The molecule has 3 nitrogen and oxygen atoms in total. The minimum absolute atomic E-state index is 0.0323. The molecular weight excluding hydrogens is 228 g/mol. The van der Waals surface area contributed by atoms with Crippen molar-refractivity contribution in [1.29, 1.82) is 0 Å². The monoisotopic (exact) mass is 250 g/mol. The second-order valence-corrected chi connectivity index (χ2v) is 5.17. The summed E-state index contributed by atoms with van der Waals surface area (Å²) in [7, 11) is 1.67. The molecule has 100 valence electrons. The van der Waals surface area contributed by atoms with Crippen LogP contribution in [0.3, 0.4) is 0 Å². The van der Waals surface area contributed by atoms with Gasteiger partial charge in [-0.25, -0.2) is 0 Å². The molecule has 0 amide bonds.